The second kappa shape index (κ2) is 8.77. The van der Waals surface area contributed by atoms with Crippen molar-refractivity contribution in [1.29, 1.82) is 0 Å². The van der Waals surface area contributed by atoms with Gasteiger partial charge in [0.25, 0.3) is 0 Å². The minimum atomic E-state index is 0.255. The third kappa shape index (κ3) is 4.73. The van der Waals surface area contributed by atoms with Crippen LogP contribution in [0.2, 0.25) is 0 Å². The van der Waals surface area contributed by atoms with Crippen LogP contribution in [0, 0.1) is 5.41 Å². The van der Waals surface area contributed by atoms with Gasteiger partial charge in [0.1, 0.15) is 6.33 Å². The van der Waals surface area contributed by atoms with E-state index in [2.05, 4.69) is 30.3 Å². The number of carbonyl (C=O) groups excluding carboxylic acids is 1. The average Bonchev–Trinajstić information content (AvgIpc) is 3.24. The molecule has 0 N–H and O–H groups in total. The van der Waals surface area contributed by atoms with Crippen LogP contribution in [0.3, 0.4) is 0 Å². The van der Waals surface area contributed by atoms with E-state index in [4.69, 9.17) is 0 Å². The zero-order chi connectivity index (χ0) is 19.2. The number of pyridine rings is 1. The van der Waals surface area contributed by atoms with Gasteiger partial charge >= 0.3 is 0 Å². The number of rotatable bonds is 7. The molecule has 28 heavy (non-hydrogen) atoms. The third-order valence-corrected chi connectivity index (χ3v) is 6.11. The SMILES string of the molecule is O=C1CC[C@@]2(CCCN(CCCn3cnnn3)C2)CN1CCc1ccccn1. The van der Waals surface area contributed by atoms with Crippen LogP contribution in [-0.2, 0) is 17.8 Å². The van der Waals surface area contributed by atoms with E-state index in [-0.39, 0.29) is 5.41 Å². The molecule has 2 aliphatic rings. The van der Waals surface area contributed by atoms with Gasteiger partial charge in [0.15, 0.2) is 0 Å². The Morgan fingerprint density at radius 3 is 2.89 bits per heavy atom. The van der Waals surface area contributed by atoms with Gasteiger partial charge in [-0.15, -0.1) is 5.10 Å². The van der Waals surface area contributed by atoms with Crippen molar-refractivity contribution in [3.05, 3.63) is 36.4 Å². The topological polar surface area (TPSA) is 80.0 Å². The zero-order valence-electron chi connectivity index (χ0n) is 16.4. The fourth-order valence-electron chi connectivity index (χ4n) is 4.67. The number of carbonyl (C=O) groups is 1. The highest BCUT2D eigenvalue weighted by atomic mass is 16.2. The summed E-state index contributed by atoms with van der Waals surface area (Å²) in [6.07, 6.45) is 9.52. The van der Waals surface area contributed by atoms with Crippen LogP contribution in [0.25, 0.3) is 0 Å². The molecule has 4 rings (SSSR count). The Hall–Kier alpha value is -2.35. The smallest absolute Gasteiger partial charge is 0.222 e. The average molecular weight is 384 g/mol. The molecule has 1 spiro atoms. The molecule has 0 aromatic carbocycles. The summed E-state index contributed by atoms with van der Waals surface area (Å²) < 4.78 is 1.79. The third-order valence-electron chi connectivity index (χ3n) is 6.11. The van der Waals surface area contributed by atoms with Gasteiger partial charge in [0.2, 0.25) is 5.91 Å². The summed E-state index contributed by atoms with van der Waals surface area (Å²) in [5.41, 5.74) is 1.31. The van der Waals surface area contributed by atoms with Crippen LogP contribution in [0.1, 0.15) is 37.8 Å². The second-order valence-electron chi connectivity index (χ2n) is 8.19. The van der Waals surface area contributed by atoms with Crippen LogP contribution >= 0.6 is 0 Å². The van der Waals surface area contributed by atoms with Gasteiger partial charge in [0.05, 0.1) is 0 Å². The number of piperidine rings is 2. The van der Waals surface area contributed by atoms with Crippen LogP contribution in [0.15, 0.2) is 30.7 Å². The molecule has 0 aliphatic carbocycles. The van der Waals surface area contributed by atoms with Crippen LogP contribution in [0.5, 0.6) is 0 Å². The number of nitrogens with zero attached hydrogens (tertiary/aromatic N) is 7. The van der Waals surface area contributed by atoms with E-state index < -0.39 is 0 Å². The van der Waals surface area contributed by atoms with Crippen molar-refractivity contribution in [2.45, 2.75) is 45.1 Å². The molecular formula is C20H29N7O. The van der Waals surface area contributed by atoms with E-state index in [1.54, 1.807) is 11.0 Å². The Morgan fingerprint density at radius 1 is 1.11 bits per heavy atom. The molecule has 0 bridgehead atoms. The highest BCUT2D eigenvalue weighted by Gasteiger charge is 2.41. The van der Waals surface area contributed by atoms with Gasteiger partial charge in [-0.3, -0.25) is 9.78 Å². The van der Waals surface area contributed by atoms with Gasteiger partial charge in [-0.05, 0) is 61.3 Å². The molecule has 2 saturated heterocycles. The number of amides is 1. The fraction of sp³-hybridized carbons (Fsp3) is 0.650. The molecule has 2 aromatic heterocycles. The van der Waals surface area contributed by atoms with Gasteiger partial charge in [-0.2, -0.15) is 0 Å². The number of hydrogen-bond donors (Lipinski definition) is 0. The summed E-state index contributed by atoms with van der Waals surface area (Å²) >= 11 is 0. The first kappa shape index (κ1) is 19.0. The Kier molecular flexibility index (Phi) is 5.95. The molecule has 0 unspecified atom stereocenters. The van der Waals surface area contributed by atoms with Crippen molar-refractivity contribution in [3.63, 3.8) is 0 Å². The van der Waals surface area contributed by atoms with Crippen molar-refractivity contribution in [2.75, 3.05) is 32.7 Å². The van der Waals surface area contributed by atoms with Crippen LogP contribution < -0.4 is 0 Å². The van der Waals surface area contributed by atoms with Crippen molar-refractivity contribution in [2.24, 2.45) is 5.41 Å². The molecule has 2 fully saturated rings. The van der Waals surface area contributed by atoms with E-state index >= 15 is 0 Å². The van der Waals surface area contributed by atoms with Crippen molar-refractivity contribution in [1.82, 2.24) is 35.0 Å². The molecule has 0 radical (unpaired) electrons. The number of hydrogen-bond acceptors (Lipinski definition) is 6. The van der Waals surface area contributed by atoms with Crippen LogP contribution in [-0.4, -0.2) is 73.6 Å². The predicted molar refractivity (Wildman–Crippen MR) is 104 cm³/mol. The summed E-state index contributed by atoms with van der Waals surface area (Å²) in [6.45, 7) is 5.82. The minimum Gasteiger partial charge on any atom is -0.342 e. The zero-order valence-corrected chi connectivity index (χ0v) is 16.4. The fourth-order valence-corrected chi connectivity index (χ4v) is 4.67. The largest absolute Gasteiger partial charge is 0.342 e. The normalized spacial score (nSPS) is 23.4. The van der Waals surface area contributed by atoms with E-state index in [1.165, 1.54) is 12.8 Å². The van der Waals surface area contributed by atoms with E-state index in [9.17, 15) is 4.79 Å². The summed E-state index contributed by atoms with van der Waals surface area (Å²) in [4.78, 5) is 21.5. The molecule has 150 valence electrons. The Morgan fingerprint density at radius 2 is 2.07 bits per heavy atom. The number of aryl methyl sites for hydroxylation is 1. The molecule has 8 heteroatoms. The maximum absolute atomic E-state index is 12.5. The molecule has 2 aromatic rings. The quantitative estimate of drug-likeness (QED) is 0.719. The highest BCUT2D eigenvalue weighted by molar-refractivity contribution is 5.77. The standard InChI is InChI=1S/C20H29N7O/c28-19-6-9-20(16-26(19)14-7-18-5-1-2-10-21-18)8-3-11-25(15-20)12-4-13-27-17-22-23-24-27/h1-2,5,10,17H,3-4,6-9,11-16H2/t20-/m1/s1. The summed E-state index contributed by atoms with van der Waals surface area (Å²) in [6, 6.07) is 5.98. The first-order valence-corrected chi connectivity index (χ1v) is 10.3. The van der Waals surface area contributed by atoms with E-state index in [0.29, 0.717) is 12.3 Å². The van der Waals surface area contributed by atoms with E-state index in [1.807, 2.05) is 24.4 Å². The summed E-state index contributed by atoms with van der Waals surface area (Å²) in [7, 11) is 0. The summed E-state index contributed by atoms with van der Waals surface area (Å²) in [5.74, 6) is 0.303. The minimum absolute atomic E-state index is 0.255. The number of likely N-dealkylation sites (tertiary alicyclic amines) is 2. The predicted octanol–water partition coefficient (Wildman–Crippen LogP) is 1.41. The molecule has 2 aliphatic heterocycles. The van der Waals surface area contributed by atoms with Gasteiger partial charge in [-0.25, -0.2) is 4.68 Å². The Bertz CT molecular complexity index is 751. The molecule has 8 nitrogen and oxygen atoms in total. The monoisotopic (exact) mass is 383 g/mol. The van der Waals surface area contributed by atoms with E-state index in [0.717, 1.165) is 64.2 Å². The molecular weight excluding hydrogens is 354 g/mol. The first-order chi connectivity index (χ1) is 13.7. The van der Waals surface area contributed by atoms with Gasteiger partial charge in [-0.1, -0.05) is 6.07 Å². The van der Waals surface area contributed by atoms with Crippen LogP contribution in [0.4, 0.5) is 0 Å². The number of aromatic nitrogens is 5. The molecule has 1 amide bonds. The highest BCUT2D eigenvalue weighted by Crippen LogP contribution is 2.38. The van der Waals surface area contributed by atoms with Crippen molar-refractivity contribution in [3.8, 4) is 0 Å². The number of tetrazole rings is 1. The van der Waals surface area contributed by atoms with Gasteiger partial charge < -0.3 is 9.80 Å². The van der Waals surface area contributed by atoms with Crippen molar-refractivity contribution < 1.29 is 4.79 Å². The Balaban J connectivity index is 1.30. The lowest BCUT2D eigenvalue weighted by molar-refractivity contribution is -0.139. The molecule has 4 heterocycles. The van der Waals surface area contributed by atoms with Gasteiger partial charge in [0, 0.05) is 56.3 Å². The molecule has 0 saturated carbocycles. The van der Waals surface area contributed by atoms with Crippen molar-refractivity contribution >= 4 is 5.91 Å². The maximum Gasteiger partial charge on any atom is 0.222 e. The Labute approximate surface area is 165 Å². The summed E-state index contributed by atoms with van der Waals surface area (Å²) in [5, 5.41) is 11.3. The lowest BCUT2D eigenvalue weighted by Gasteiger charge is -2.48. The maximum atomic E-state index is 12.5. The second-order valence-corrected chi connectivity index (χ2v) is 8.19. The first-order valence-electron chi connectivity index (χ1n) is 10.3. The lowest BCUT2D eigenvalue weighted by atomic mass is 9.73. The molecule has 1 atom stereocenters. The lowest BCUT2D eigenvalue weighted by Crippen LogP contribution is -2.54.